The van der Waals surface area contributed by atoms with E-state index in [0.29, 0.717) is 0 Å². The number of aryl methyl sites for hydroxylation is 2. The molecule has 0 unspecified atom stereocenters. The van der Waals surface area contributed by atoms with Crippen molar-refractivity contribution in [3.05, 3.63) is 217 Å². The van der Waals surface area contributed by atoms with E-state index in [-0.39, 0.29) is 0 Å². The van der Waals surface area contributed by atoms with Crippen molar-refractivity contribution < 1.29 is 4.42 Å². The highest BCUT2D eigenvalue weighted by atomic mass is 16.3. The molecule has 0 aliphatic heterocycles. The molecule has 2 aromatic heterocycles. The van der Waals surface area contributed by atoms with E-state index in [9.17, 15) is 0 Å². The molecular formula is C56H40N2O. The van der Waals surface area contributed by atoms with Crippen LogP contribution in [0.5, 0.6) is 0 Å². The van der Waals surface area contributed by atoms with Crippen LogP contribution in [0.15, 0.2) is 211 Å². The normalized spacial score (nSPS) is 11.6. The zero-order valence-electron chi connectivity index (χ0n) is 32.9. The summed E-state index contributed by atoms with van der Waals surface area (Å²) in [4.78, 5) is 2.41. The zero-order chi connectivity index (χ0) is 39.5. The molecule has 0 saturated carbocycles. The summed E-state index contributed by atoms with van der Waals surface area (Å²) in [6, 6.07) is 74.3. The third-order valence-corrected chi connectivity index (χ3v) is 11.8. The maximum absolute atomic E-state index is 6.87. The molecule has 3 nitrogen and oxygen atoms in total. The van der Waals surface area contributed by atoms with Gasteiger partial charge in [-0.3, -0.25) is 0 Å². The molecule has 280 valence electrons. The first-order chi connectivity index (χ1) is 29.1. The standard InChI is InChI=1S/C56H40N2O/c1-37-33-41(29-31-44(37)39-17-5-3-6-18-39)57(42-30-32-45(38(2)34-42)40-19-7-4-8-20-40)43-35-50(56-51(36-43)49-24-12-16-28-55(49)59-56)48-23-11-15-27-54(48)58-52-25-13-9-21-46(52)47-22-10-14-26-53(47)58/h3-36H,1-2H3. The number of fused-ring (bicyclic) bond motifs is 6. The highest BCUT2D eigenvalue weighted by molar-refractivity contribution is 6.14. The Balaban J connectivity index is 1.18. The Kier molecular flexibility index (Phi) is 8.27. The maximum Gasteiger partial charge on any atom is 0.143 e. The van der Waals surface area contributed by atoms with E-state index in [1.807, 2.05) is 0 Å². The summed E-state index contributed by atoms with van der Waals surface area (Å²) in [6.45, 7) is 4.43. The molecule has 0 fully saturated rings. The Morgan fingerprint density at radius 2 is 0.881 bits per heavy atom. The van der Waals surface area contributed by atoms with E-state index in [2.05, 4.69) is 230 Å². The van der Waals surface area contributed by atoms with Crippen molar-refractivity contribution in [2.24, 2.45) is 0 Å². The largest absolute Gasteiger partial charge is 0.455 e. The number of aromatic nitrogens is 1. The minimum atomic E-state index is 0.868. The lowest BCUT2D eigenvalue weighted by atomic mass is 9.96. The monoisotopic (exact) mass is 756 g/mol. The van der Waals surface area contributed by atoms with Gasteiger partial charge in [0.1, 0.15) is 11.2 Å². The number of hydrogen-bond donors (Lipinski definition) is 0. The van der Waals surface area contributed by atoms with Crippen molar-refractivity contribution in [1.29, 1.82) is 0 Å². The van der Waals surface area contributed by atoms with Gasteiger partial charge in [0.25, 0.3) is 0 Å². The molecule has 0 aliphatic carbocycles. The second-order valence-corrected chi connectivity index (χ2v) is 15.4. The second kappa shape index (κ2) is 14.1. The van der Waals surface area contributed by atoms with Crippen LogP contribution in [0.1, 0.15) is 11.1 Å². The molecule has 3 heteroatoms. The van der Waals surface area contributed by atoms with Crippen molar-refractivity contribution in [3.63, 3.8) is 0 Å². The third kappa shape index (κ3) is 5.82. The number of nitrogens with zero attached hydrogens (tertiary/aromatic N) is 2. The highest BCUT2D eigenvalue weighted by Gasteiger charge is 2.23. The van der Waals surface area contributed by atoms with Crippen LogP contribution >= 0.6 is 0 Å². The van der Waals surface area contributed by atoms with Gasteiger partial charge >= 0.3 is 0 Å². The summed E-state index contributed by atoms with van der Waals surface area (Å²) in [5.41, 5.74) is 17.8. The van der Waals surface area contributed by atoms with E-state index < -0.39 is 0 Å². The summed E-state index contributed by atoms with van der Waals surface area (Å²) in [5, 5.41) is 4.63. The van der Waals surface area contributed by atoms with Gasteiger partial charge < -0.3 is 13.9 Å². The van der Waals surface area contributed by atoms with Crippen molar-refractivity contribution in [1.82, 2.24) is 4.57 Å². The lowest BCUT2D eigenvalue weighted by Crippen LogP contribution is -2.11. The van der Waals surface area contributed by atoms with E-state index in [1.54, 1.807) is 0 Å². The molecule has 59 heavy (non-hydrogen) atoms. The van der Waals surface area contributed by atoms with Crippen LogP contribution in [0.2, 0.25) is 0 Å². The molecule has 0 N–H and O–H groups in total. The number of rotatable bonds is 7. The fourth-order valence-corrected chi connectivity index (χ4v) is 9.12. The van der Waals surface area contributed by atoms with Gasteiger partial charge in [-0.15, -0.1) is 0 Å². The lowest BCUT2D eigenvalue weighted by molar-refractivity contribution is 0.670. The number of hydrogen-bond acceptors (Lipinski definition) is 2. The Hall–Kier alpha value is -7.62. The molecule has 0 atom stereocenters. The number of furan rings is 1. The first kappa shape index (κ1) is 34.6. The predicted molar refractivity (Wildman–Crippen MR) is 249 cm³/mol. The summed E-state index contributed by atoms with van der Waals surface area (Å²) < 4.78 is 9.28. The van der Waals surface area contributed by atoms with Gasteiger partial charge in [-0.05, 0) is 108 Å². The van der Waals surface area contributed by atoms with Crippen LogP contribution in [0.25, 0.3) is 82.8 Å². The fraction of sp³-hybridized carbons (Fsp3) is 0.0357. The number of benzene rings is 9. The minimum absolute atomic E-state index is 0.868. The number of anilines is 3. The molecule has 11 rings (SSSR count). The smallest absolute Gasteiger partial charge is 0.143 e. The van der Waals surface area contributed by atoms with E-state index in [0.717, 1.165) is 55.8 Å². The molecule has 0 amide bonds. The molecule has 11 aromatic rings. The third-order valence-electron chi connectivity index (χ3n) is 11.8. The molecular weight excluding hydrogens is 717 g/mol. The predicted octanol–water partition coefficient (Wildman–Crippen LogP) is 15.8. The molecule has 0 radical (unpaired) electrons. The van der Waals surface area contributed by atoms with E-state index in [4.69, 9.17) is 4.42 Å². The summed E-state index contributed by atoms with van der Waals surface area (Å²) in [7, 11) is 0. The van der Waals surface area contributed by atoms with Crippen LogP contribution in [-0.2, 0) is 0 Å². The molecule has 2 heterocycles. The molecule has 0 saturated heterocycles. The Morgan fingerprint density at radius 1 is 0.373 bits per heavy atom. The average molecular weight is 757 g/mol. The topological polar surface area (TPSA) is 21.3 Å². The van der Waals surface area contributed by atoms with Gasteiger partial charge in [-0.25, -0.2) is 0 Å². The van der Waals surface area contributed by atoms with Crippen molar-refractivity contribution in [2.45, 2.75) is 13.8 Å². The van der Waals surface area contributed by atoms with Gasteiger partial charge in [-0.2, -0.15) is 0 Å². The zero-order valence-corrected chi connectivity index (χ0v) is 32.9. The van der Waals surface area contributed by atoms with Gasteiger partial charge in [0.05, 0.1) is 16.7 Å². The van der Waals surface area contributed by atoms with Gasteiger partial charge in [0, 0.05) is 49.7 Å². The van der Waals surface area contributed by atoms with Crippen LogP contribution in [0, 0.1) is 13.8 Å². The molecule has 0 bridgehead atoms. The van der Waals surface area contributed by atoms with E-state index >= 15 is 0 Å². The fourth-order valence-electron chi connectivity index (χ4n) is 9.12. The average Bonchev–Trinajstić information content (AvgIpc) is 3.83. The van der Waals surface area contributed by atoms with Crippen LogP contribution in [-0.4, -0.2) is 4.57 Å². The van der Waals surface area contributed by atoms with Crippen LogP contribution in [0.4, 0.5) is 17.1 Å². The number of para-hydroxylation sites is 4. The van der Waals surface area contributed by atoms with Gasteiger partial charge in [-0.1, -0.05) is 146 Å². The maximum atomic E-state index is 6.87. The summed E-state index contributed by atoms with van der Waals surface area (Å²) in [5.74, 6) is 0. The van der Waals surface area contributed by atoms with Crippen LogP contribution in [0.3, 0.4) is 0 Å². The van der Waals surface area contributed by atoms with Gasteiger partial charge in [0.15, 0.2) is 0 Å². The Bertz CT molecular complexity index is 3210. The first-order valence-corrected chi connectivity index (χ1v) is 20.3. The van der Waals surface area contributed by atoms with Crippen molar-refractivity contribution in [2.75, 3.05) is 4.90 Å². The first-order valence-electron chi connectivity index (χ1n) is 20.3. The van der Waals surface area contributed by atoms with Crippen molar-refractivity contribution in [3.8, 4) is 39.1 Å². The Morgan fingerprint density at radius 3 is 1.47 bits per heavy atom. The van der Waals surface area contributed by atoms with Crippen molar-refractivity contribution >= 4 is 60.8 Å². The quantitative estimate of drug-likeness (QED) is 0.161. The van der Waals surface area contributed by atoms with Gasteiger partial charge in [0.2, 0.25) is 0 Å². The highest BCUT2D eigenvalue weighted by Crippen LogP contribution is 2.46. The minimum Gasteiger partial charge on any atom is -0.455 e. The van der Waals surface area contributed by atoms with E-state index in [1.165, 1.54) is 55.2 Å². The Labute approximate surface area is 343 Å². The molecule has 0 spiro atoms. The van der Waals surface area contributed by atoms with Crippen LogP contribution < -0.4 is 4.90 Å². The summed E-state index contributed by atoms with van der Waals surface area (Å²) in [6.07, 6.45) is 0. The SMILES string of the molecule is Cc1cc(N(c2ccc(-c3ccccc3)c(C)c2)c2cc(-c3ccccc3-n3c4ccccc4c4ccccc43)c3oc4ccccc4c3c2)ccc1-c1ccccc1. The molecule has 9 aromatic carbocycles. The second-order valence-electron chi connectivity index (χ2n) is 15.4. The summed E-state index contributed by atoms with van der Waals surface area (Å²) >= 11 is 0. The molecule has 0 aliphatic rings. The lowest BCUT2D eigenvalue weighted by Gasteiger charge is -2.28.